The highest BCUT2D eigenvalue weighted by Gasteiger charge is 2.03. The Balaban J connectivity index is 1.52. The smallest absolute Gasteiger partial charge is 0.224 e. The minimum atomic E-state index is 0.0611. The average Bonchev–Trinajstić information content (AvgIpc) is 2.54. The molecule has 5 heteroatoms. The summed E-state index contributed by atoms with van der Waals surface area (Å²) in [6, 6.07) is 11.5. The molecular formula is C19H23BrN2O2. The van der Waals surface area contributed by atoms with Gasteiger partial charge >= 0.3 is 0 Å². The number of aryl methyl sites for hydroxylation is 1. The highest BCUT2D eigenvalue weighted by Crippen LogP contribution is 2.18. The SMILES string of the molecule is Cc1cc(NC(=O)CCCCCCOc2cccc(Br)c2)ccn1. The van der Waals surface area contributed by atoms with Crippen LogP contribution < -0.4 is 10.1 Å². The van der Waals surface area contributed by atoms with E-state index in [1.807, 2.05) is 43.3 Å². The Morgan fingerprint density at radius 2 is 2.00 bits per heavy atom. The summed E-state index contributed by atoms with van der Waals surface area (Å²) in [5.74, 6) is 0.947. The summed E-state index contributed by atoms with van der Waals surface area (Å²) in [6.07, 6.45) is 6.24. The zero-order valence-corrected chi connectivity index (χ0v) is 15.5. The van der Waals surface area contributed by atoms with Gasteiger partial charge in [0.05, 0.1) is 6.61 Å². The second-order valence-corrected chi connectivity index (χ2v) is 6.62. The molecule has 0 bridgehead atoms. The van der Waals surface area contributed by atoms with Crippen molar-refractivity contribution in [2.45, 2.75) is 39.0 Å². The fourth-order valence-corrected chi connectivity index (χ4v) is 2.71. The van der Waals surface area contributed by atoms with Gasteiger partial charge in [0.25, 0.3) is 0 Å². The number of hydrogen-bond acceptors (Lipinski definition) is 3. The van der Waals surface area contributed by atoms with Gasteiger partial charge in [-0.05, 0) is 50.1 Å². The minimum absolute atomic E-state index is 0.0611. The van der Waals surface area contributed by atoms with Crippen LogP contribution in [0.5, 0.6) is 5.75 Å². The van der Waals surface area contributed by atoms with E-state index in [4.69, 9.17) is 4.74 Å². The van der Waals surface area contributed by atoms with Crippen LogP contribution in [0.1, 0.15) is 37.8 Å². The van der Waals surface area contributed by atoms with Crippen molar-refractivity contribution >= 4 is 27.5 Å². The molecule has 0 atom stereocenters. The van der Waals surface area contributed by atoms with E-state index in [0.717, 1.165) is 47.3 Å². The van der Waals surface area contributed by atoms with Gasteiger partial charge in [-0.1, -0.05) is 34.8 Å². The Kier molecular flexibility index (Phi) is 7.75. The number of nitrogens with one attached hydrogen (secondary N) is 1. The number of rotatable bonds is 9. The molecule has 4 nitrogen and oxygen atoms in total. The molecule has 0 unspecified atom stereocenters. The first-order valence-corrected chi connectivity index (χ1v) is 9.03. The molecule has 0 aliphatic heterocycles. The lowest BCUT2D eigenvalue weighted by Crippen LogP contribution is -2.11. The van der Waals surface area contributed by atoms with Crippen molar-refractivity contribution < 1.29 is 9.53 Å². The third-order valence-electron chi connectivity index (χ3n) is 3.54. The van der Waals surface area contributed by atoms with Gasteiger partial charge in [-0.15, -0.1) is 0 Å². The highest BCUT2D eigenvalue weighted by atomic mass is 79.9. The minimum Gasteiger partial charge on any atom is -0.494 e. The zero-order chi connectivity index (χ0) is 17.2. The van der Waals surface area contributed by atoms with Crippen molar-refractivity contribution in [2.75, 3.05) is 11.9 Å². The first-order valence-electron chi connectivity index (χ1n) is 8.24. The number of aromatic nitrogens is 1. The maximum atomic E-state index is 11.9. The van der Waals surface area contributed by atoms with Crippen molar-refractivity contribution in [1.29, 1.82) is 0 Å². The topological polar surface area (TPSA) is 51.2 Å². The van der Waals surface area contributed by atoms with Crippen LogP contribution in [0.15, 0.2) is 47.1 Å². The number of amides is 1. The maximum absolute atomic E-state index is 11.9. The van der Waals surface area contributed by atoms with Gasteiger partial charge in [-0.3, -0.25) is 9.78 Å². The normalized spacial score (nSPS) is 10.4. The number of pyridine rings is 1. The van der Waals surface area contributed by atoms with Gasteiger partial charge in [-0.2, -0.15) is 0 Å². The van der Waals surface area contributed by atoms with Gasteiger partial charge in [0, 0.05) is 28.5 Å². The number of hydrogen-bond donors (Lipinski definition) is 1. The number of unbranched alkanes of at least 4 members (excludes halogenated alkanes) is 3. The van der Waals surface area contributed by atoms with Crippen molar-refractivity contribution in [1.82, 2.24) is 4.98 Å². The van der Waals surface area contributed by atoms with Crippen LogP contribution in [0.3, 0.4) is 0 Å². The molecular weight excluding hydrogens is 368 g/mol. The summed E-state index contributed by atoms with van der Waals surface area (Å²) in [7, 11) is 0. The monoisotopic (exact) mass is 390 g/mol. The van der Waals surface area contributed by atoms with E-state index in [9.17, 15) is 4.79 Å². The predicted molar refractivity (Wildman–Crippen MR) is 100 cm³/mol. The Morgan fingerprint density at radius 3 is 2.79 bits per heavy atom. The van der Waals surface area contributed by atoms with Crippen molar-refractivity contribution in [3.8, 4) is 5.75 Å². The average molecular weight is 391 g/mol. The number of halogens is 1. The molecule has 24 heavy (non-hydrogen) atoms. The Bertz CT molecular complexity index is 661. The molecule has 0 saturated heterocycles. The van der Waals surface area contributed by atoms with Crippen molar-refractivity contribution in [3.05, 3.63) is 52.8 Å². The van der Waals surface area contributed by atoms with Crippen LogP contribution in [-0.2, 0) is 4.79 Å². The predicted octanol–water partition coefficient (Wildman–Crippen LogP) is 5.12. The molecule has 2 aromatic rings. The van der Waals surface area contributed by atoms with Crippen LogP contribution in [0, 0.1) is 6.92 Å². The Labute approximate surface area is 151 Å². The molecule has 1 aromatic heterocycles. The summed E-state index contributed by atoms with van der Waals surface area (Å²) < 4.78 is 6.71. The molecule has 1 aromatic carbocycles. The first-order chi connectivity index (χ1) is 11.6. The van der Waals surface area contributed by atoms with Gasteiger partial charge in [0.2, 0.25) is 5.91 Å². The van der Waals surface area contributed by atoms with E-state index in [-0.39, 0.29) is 5.91 Å². The summed E-state index contributed by atoms with van der Waals surface area (Å²) >= 11 is 3.43. The van der Waals surface area contributed by atoms with Crippen LogP contribution in [0.25, 0.3) is 0 Å². The molecule has 1 N–H and O–H groups in total. The third-order valence-corrected chi connectivity index (χ3v) is 4.04. The lowest BCUT2D eigenvalue weighted by Gasteiger charge is -2.07. The summed E-state index contributed by atoms with van der Waals surface area (Å²) in [4.78, 5) is 16.0. The van der Waals surface area contributed by atoms with E-state index in [1.54, 1.807) is 6.20 Å². The summed E-state index contributed by atoms with van der Waals surface area (Å²) in [5.41, 5.74) is 1.72. The molecule has 0 saturated carbocycles. The largest absolute Gasteiger partial charge is 0.494 e. The third kappa shape index (κ3) is 7.13. The van der Waals surface area contributed by atoms with E-state index in [1.165, 1.54) is 0 Å². The van der Waals surface area contributed by atoms with E-state index >= 15 is 0 Å². The molecule has 2 rings (SSSR count). The number of carbonyl (C=O) groups is 1. The highest BCUT2D eigenvalue weighted by molar-refractivity contribution is 9.10. The quantitative estimate of drug-likeness (QED) is 0.604. The van der Waals surface area contributed by atoms with Crippen molar-refractivity contribution in [3.63, 3.8) is 0 Å². The molecule has 0 spiro atoms. The first kappa shape index (κ1) is 18.5. The van der Waals surface area contributed by atoms with E-state index in [2.05, 4.69) is 26.2 Å². The number of anilines is 1. The molecule has 1 amide bonds. The zero-order valence-electron chi connectivity index (χ0n) is 13.9. The summed E-state index contributed by atoms with van der Waals surface area (Å²) in [6.45, 7) is 2.62. The summed E-state index contributed by atoms with van der Waals surface area (Å²) in [5, 5.41) is 2.90. The molecule has 0 fully saturated rings. The van der Waals surface area contributed by atoms with Gasteiger partial charge in [0.1, 0.15) is 5.75 Å². The number of nitrogens with zero attached hydrogens (tertiary/aromatic N) is 1. The fourth-order valence-electron chi connectivity index (χ4n) is 2.33. The second kappa shape index (κ2) is 10.1. The number of carbonyl (C=O) groups excluding carboxylic acids is 1. The number of ether oxygens (including phenoxy) is 1. The standard InChI is InChI=1S/C19H23BrN2O2/c1-15-13-17(10-11-21-15)22-19(23)9-4-2-3-5-12-24-18-8-6-7-16(20)14-18/h6-8,10-11,13-14H,2-5,9,12H2,1H3,(H,21,22,23). The van der Waals surface area contributed by atoms with Gasteiger partial charge in [-0.25, -0.2) is 0 Å². The fraction of sp³-hybridized carbons (Fsp3) is 0.368. The lowest BCUT2D eigenvalue weighted by molar-refractivity contribution is -0.116. The molecule has 0 aliphatic rings. The maximum Gasteiger partial charge on any atom is 0.224 e. The number of benzene rings is 1. The second-order valence-electron chi connectivity index (χ2n) is 5.70. The van der Waals surface area contributed by atoms with E-state index < -0.39 is 0 Å². The Morgan fingerprint density at radius 1 is 1.17 bits per heavy atom. The lowest BCUT2D eigenvalue weighted by atomic mass is 10.1. The molecule has 1 heterocycles. The van der Waals surface area contributed by atoms with Gasteiger partial charge < -0.3 is 10.1 Å². The molecule has 128 valence electrons. The molecule has 0 aliphatic carbocycles. The van der Waals surface area contributed by atoms with Crippen LogP contribution in [0.4, 0.5) is 5.69 Å². The Hall–Kier alpha value is -1.88. The van der Waals surface area contributed by atoms with Crippen molar-refractivity contribution in [2.24, 2.45) is 0 Å². The van der Waals surface area contributed by atoms with Crippen LogP contribution in [-0.4, -0.2) is 17.5 Å². The van der Waals surface area contributed by atoms with Gasteiger partial charge in [0.15, 0.2) is 0 Å². The van der Waals surface area contributed by atoms with Crippen LogP contribution in [0.2, 0.25) is 0 Å². The van der Waals surface area contributed by atoms with E-state index in [0.29, 0.717) is 13.0 Å². The molecule has 0 radical (unpaired) electrons. The van der Waals surface area contributed by atoms with Crippen LogP contribution >= 0.6 is 15.9 Å².